The van der Waals surface area contributed by atoms with E-state index in [0.717, 1.165) is 16.6 Å². The summed E-state index contributed by atoms with van der Waals surface area (Å²) in [7, 11) is 0. The number of benzene rings is 1. The van der Waals surface area contributed by atoms with Crippen molar-refractivity contribution in [1.82, 2.24) is 15.8 Å². The first-order chi connectivity index (χ1) is 13.4. The van der Waals surface area contributed by atoms with Gasteiger partial charge in [0.25, 0.3) is 11.8 Å². The predicted octanol–water partition coefficient (Wildman–Crippen LogP) is 2.10. The molecule has 3 heterocycles. The molecule has 1 aromatic carbocycles. The van der Waals surface area contributed by atoms with E-state index < -0.39 is 17.9 Å². The van der Waals surface area contributed by atoms with Crippen LogP contribution in [0, 0.1) is 13.8 Å². The lowest BCUT2D eigenvalue weighted by molar-refractivity contribution is -0.131. The van der Waals surface area contributed by atoms with Crippen molar-refractivity contribution in [3.8, 4) is 11.5 Å². The number of hydrogen-bond donors (Lipinski definition) is 3. The van der Waals surface area contributed by atoms with Crippen LogP contribution in [0.15, 0.2) is 30.3 Å². The van der Waals surface area contributed by atoms with E-state index in [1.165, 1.54) is 11.3 Å². The quantitative estimate of drug-likeness (QED) is 0.570. The number of fused-ring (bicyclic) bond motifs is 2. The molecule has 2 amide bonds. The van der Waals surface area contributed by atoms with Crippen molar-refractivity contribution < 1.29 is 19.1 Å². The number of nitrogens with two attached hydrogens (primary N) is 1. The smallest absolute Gasteiger partial charge is 0.283 e. The molecule has 1 unspecified atom stereocenters. The van der Waals surface area contributed by atoms with Crippen LogP contribution in [-0.4, -0.2) is 29.5 Å². The van der Waals surface area contributed by atoms with E-state index in [1.54, 1.807) is 18.2 Å². The number of pyridine rings is 1. The Bertz CT molecular complexity index is 1090. The molecule has 1 aliphatic heterocycles. The number of carbonyl (C=O) groups excluding carboxylic acids is 2. The number of carbonyl (C=O) groups is 2. The summed E-state index contributed by atoms with van der Waals surface area (Å²) in [6.45, 7) is 3.85. The number of aromatic nitrogens is 1. The summed E-state index contributed by atoms with van der Waals surface area (Å²) in [5.74, 6) is 0.0217. The molecule has 1 atom stereocenters. The molecule has 0 saturated heterocycles. The Morgan fingerprint density at radius 2 is 1.96 bits per heavy atom. The Kier molecular flexibility index (Phi) is 4.52. The maximum Gasteiger partial charge on any atom is 0.283 e. The highest BCUT2D eigenvalue weighted by molar-refractivity contribution is 7.21. The zero-order valence-electron chi connectivity index (χ0n) is 15.2. The fourth-order valence-electron chi connectivity index (χ4n) is 3.04. The number of aryl methyl sites for hydroxylation is 2. The summed E-state index contributed by atoms with van der Waals surface area (Å²) in [6.07, 6.45) is -0.874. The highest BCUT2D eigenvalue weighted by atomic mass is 32.1. The van der Waals surface area contributed by atoms with Gasteiger partial charge in [0.05, 0.1) is 5.69 Å². The Labute approximate surface area is 164 Å². The molecule has 8 nitrogen and oxygen atoms in total. The Hall–Kier alpha value is -3.33. The molecule has 0 aliphatic carbocycles. The number of hydrazine groups is 1. The molecule has 0 fully saturated rings. The zero-order valence-corrected chi connectivity index (χ0v) is 16.1. The molecule has 0 saturated carbocycles. The maximum atomic E-state index is 12.5. The van der Waals surface area contributed by atoms with Crippen molar-refractivity contribution in [1.29, 1.82) is 0 Å². The fraction of sp³-hybridized carbons (Fsp3) is 0.211. The lowest BCUT2D eigenvalue weighted by Crippen LogP contribution is -2.50. The van der Waals surface area contributed by atoms with Gasteiger partial charge in [0.2, 0.25) is 6.10 Å². The van der Waals surface area contributed by atoms with Crippen LogP contribution in [0.1, 0.15) is 20.9 Å². The summed E-state index contributed by atoms with van der Waals surface area (Å²) < 4.78 is 11.1. The van der Waals surface area contributed by atoms with Crippen LogP contribution in [0.5, 0.6) is 11.5 Å². The summed E-state index contributed by atoms with van der Waals surface area (Å²) in [5, 5.41) is 0.757. The average molecular weight is 398 g/mol. The number of nitrogens with one attached hydrogen (secondary N) is 2. The molecule has 4 N–H and O–H groups in total. The van der Waals surface area contributed by atoms with Gasteiger partial charge in [-0.15, -0.1) is 11.3 Å². The van der Waals surface area contributed by atoms with Gasteiger partial charge in [-0.25, -0.2) is 4.98 Å². The molecular formula is C19H18N4O4S. The minimum atomic E-state index is -0.874. The number of nitrogen functional groups attached to an aromatic ring is 1. The lowest BCUT2D eigenvalue weighted by atomic mass is 10.1. The van der Waals surface area contributed by atoms with Gasteiger partial charge < -0.3 is 15.2 Å². The third kappa shape index (κ3) is 3.20. The summed E-state index contributed by atoms with van der Waals surface area (Å²) >= 11 is 1.18. The van der Waals surface area contributed by atoms with Gasteiger partial charge in [0.1, 0.15) is 16.3 Å². The second-order valence-corrected chi connectivity index (χ2v) is 7.41. The van der Waals surface area contributed by atoms with Crippen molar-refractivity contribution in [2.24, 2.45) is 0 Å². The summed E-state index contributed by atoms with van der Waals surface area (Å²) in [6, 6.07) is 8.98. The number of amides is 2. The molecule has 28 heavy (non-hydrogen) atoms. The van der Waals surface area contributed by atoms with E-state index in [4.69, 9.17) is 15.2 Å². The van der Waals surface area contributed by atoms with Gasteiger partial charge in [0.15, 0.2) is 11.5 Å². The average Bonchev–Trinajstić information content (AvgIpc) is 3.02. The van der Waals surface area contributed by atoms with Crippen molar-refractivity contribution in [2.75, 3.05) is 12.3 Å². The molecule has 144 valence electrons. The highest BCUT2D eigenvalue weighted by Gasteiger charge is 2.28. The molecular weight excluding hydrogens is 380 g/mol. The van der Waals surface area contributed by atoms with Crippen LogP contribution in [0.25, 0.3) is 10.2 Å². The molecule has 3 aromatic rings. The van der Waals surface area contributed by atoms with Crippen molar-refractivity contribution in [3.63, 3.8) is 0 Å². The lowest BCUT2D eigenvalue weighted by Gasteiger charge is -2.25. The van der Waals surface area contributed by atoms with Gasteiger partial charge in [-0.2, -0.15) is 0 Å². The Balaban J connectivity index is 1.45. The second-order valence-electron chi connectivity index (χ2n) is 6.41. The van der Waals surface area contributed by atoms with Gasteiger partial charge in [-0.3, -0.25) is 20.4 Å². The minimum absolute atomic E-state index is 0.0478. The second kappa shape index (κ2) is 7.01. The molecule has 2 aromatic heterocycles. The van der Waals surface area contributed by atoms with E-state index in [2.05, 4.69) is 15.8 Å². The molecule has 0 spiro atoms. The molecule has 0 radical (unpaired) electrons. The standard InChI is InChI=1S/C19H18N4O4S/c1-9-7-10(2)21-19-14(9)15(20)16(28-19)18(25)23-22-17(24)13-8-26-11-5-3-4-6-12(11)27-13/h3-7,13H,8,20H2,1-2H3,(H,22,24)(H,23,25). The van der Waals surface area contributed by atoms with E-state index >= 15 is 0 Å². The van der Waals surface area contributed by atoms with E-state index in [0.29, 0.717) is 26.9 Å². The zero-order chi connectivity index (χ0) is 19.8. The third-order valence-corrected chi connectivity index (χ3v) is 5.43. The predicted molar refractivity (Wildman–Crippen MR) is 105 cm³/mol. The number of nitrogens with zero attached hydrogens (tertiary/aromatic N) is 1. The number of ether oxygens (including phenoxy) is 2. The molecule has 4 rings (SSSR count). The SMILES string of the molecule is Cc1cc(C)c2c(N)c(C(=O)NNC(=O)C3COc4ccccc4O3)sc2n1. The van der Waals surface area contributed by atoms with Crippen LogP contribution >= 0.6 is 11.3 Å². The minimum Gasteiger partial charge on any atom is -0.485 e. The first-order valence-corrected chi connectivity index (χ1v) is 9.40. The monoisotopic (exact) mass is 398 g/mol. The van der Waals surface area contributed by atoms with Gasteiger partial charge in [0, 0.05) is 11.1 Å². The number of anilines is 1. The van der Waals surface area contributed by atoms with Crippen LogP contribution in [0.4, 0.5) is 5.69 Å². The van der Waals surface area contributed by atoms with Crippen molar-refractivity contribution in [2.45, 2.75) is 20.0 Å². The van der Waals surface area contributed by atoms with E-state index in [9.17, 15) is 9.59 Å². The summed E-state index contributed by atoms with van der Waals surface area (Å²) in [5.41, 5.74) is 13.0. The molecule has 9 heteroatoms. The maximum absolute atomic E-state index is 12.5. The molecule has 0 bridgehead atoms. The molecule has 1 aliphatic rings. The number of thiophene rings is 1. The largest absolute Gasteiger partial charge is 0.485 e. The number of para-hydroxylation sites is 2. The van der Waals surface area contributed by atoms with Crippen LogP contribution in [-0.2, 0) is 4.79 Å². The highest BCUT2D eigenvalue weighted by Crippen LogP contribution is 2.35. The van der Waals surface area contributed by atoms with Gasteiger partial charge >= 0.3 is 0 Å². The number of rotatable bonds is 2. The normalized spacial score (nSPS) is 15.3. The van der Waals surface area contributed by atoms with Gasteiger partial charge in [-0.05, 0) is 37.6 Å². The summed E-state index contributed by atoms with van der Waals surface area (Å²) in [4.78, 5) is 30.3. The van der Waals surface area contributed by atoms with Crippen molar-refractivity contribution >= 4 is 39.1 Å². The van der Waals surface area contributed by atoms with Crippen molar-refractivity contribution in [3.05, 3.63) is 46.5 Å². The number of hydrogen-bond acceptors (Lipinski definition) is 7. The first kappa shape index (κ1) is 18.1. The Morgan fingerprint density at radius 1 is 1.21 bits per heavy atom. The third-order valence-electron chi connectivity index (χ3n) is 4.33. The van der Waals surface area contributed by atoms with Crippen LogP contribution in [0.2, 0.25) is 0 Å². The van der Waals surface area contributed by atoms with E-state index in [-0.39, 0.29) is 6.61 Å². The van der Waals surface area contributed by atoms with Crippen LogP contribution < -0.4 is 26.1 Å². The Morgan fingerprint density at radius 3 is 2.75 bits per heavy atom. The topological polar surface area (TPSA) is 116 Å². The fourth-order valence-corrected chi connectivity index (χ4v) is 4.15. The van der Waals surface area contributed by atoms with Gasteiger partial charge in [-0.1, -0.05) is 12.1 Å². The first-order valence-electron chi connectivity index (χ1n) is 8.59. The van der Waals surface area contributed by atoms with Crippen LogP contribution in [0.3, 0.4) is 0 Å². The van der Waals surface area contributed by atoms with E-state index in [1.807, 2.05) is 26.0 Å².